The molecule has 0 bridgehead atoms. The van der Waals surface area contributed by atoms with Crippen LogP contribution in [0.4, 0.5) is 5.69 Å². The summed E-state index contributed by atoms with van der Waals surface area (Å²) in [7, 11) is 0. The number of carbonyl (C=O) groups excluding carboxylic acids is 2. The molecule has 0 saturated heterocycles. The van der Waals surface area contributed by atoms with Crippen molar-refractivity contribution in [2.45, 2.75) is 69.9 Å². The average molecular weight is 458 g/mol. The molecule has 1 aromatic heterocycles. The average Bonchev–Trinajstić information content (AvgIpc) is 3.32. The van der Waals surface area contributed by atoms with Gasteiger partial charge in [-0.15, -0.1) is 0 Å². The zero-order valence-corrected chi connectivity index (χ0v) is 19.1. The lowest BCUT2D eigenvalue weighted by molar-refractivity contribution is 0.0918. The molecule has 2 amide bonds. The number of halogens is 1. The second kappa shape index (κ2) is 10.5. The Hall–Kier alpha value is -2.31. The summed E-state index contributed by atoms with van der Waals surface area (Å²) in [5, 5.41) is 6.17. The predicted octanol–water partition coefficient (Wildman–Crippen LogP) is 5.38. The van der Waals surface area contributed by atoms with Gasteiger partial charge >= 0.3 is 0 Å². The van der Waals surface area contributed by atoms with Crippen molar-refractivity contribution in [2.24, 2.45) is 17.6 Å². The van der Waals surface area contributed by atoms with E-state index in [1.54, 1.807) is 30.3 Å². The Morgan fingerprint density at radius 1 is 0.969 bits per heavy atom. The molecule has 32 heavy (non-hydrogen) atoms. The van der Waals surface area contributed by atoms with Crippen LogP contribution in [0.15, 0.2) is 41.0 Å². The minimum absolute atomic E-state index is 0.163. The van der Waals surface area contributed by atoms with Gasteiger partial charge in [0, 0.05) is 17.8 Å². The summed E-state index contributed by atoms with van der Waals surface area (Å²) < 4.78 is 5.08. The number of carbonyl (C=O) groups is 2. The number of nitrogens with two attached hydrogens (primary N) is 1. The predicted molar refractivity (Wildman–Crippen MR) is 126 cm³/mol. The summed E-state index contributed by atoms with van der Waals surface area (Å²) in [5.41, 5.74) is 6.96. The first-order valence-corrected chi connectivity index (χ1v) is 12.1. The van der Waals surface area contributed by atoms with E-state index in [1.165, 1.54) is 51.2 Å². The first-order chi connectivity index (χ1) is 15.5. The normalized spacial score (nSPS) is 25.8. The third kappa shape index (κ3) is 5.93. The van der Waals surface area contributed by atoms with Crippen LogP contribution in [0, 0.1) is 11.8 Å². The Morgan fingerprint density at radius 3 is 2.28 bits per heavy atom. The topological polar surface area (TPSA) is 97.4 Å². The van der Waals surface area contributed by atoms with Crippen molar-refractivity contribution in [3.05, 3.63) is 52.9 Å². The molecule has 2 aliphatic rings. The molecule has 4 rings (SSSR count). The van der Waals surface area contributed by atoms with Crippen molar-refractivity contribution >= 4 is 29.1 Å². The Labute approximate surface area is 194 Å². The Morgan fingerprint density at radius 2 is 1.66 bits per heavy atom. The Kier molecular flexibility index (Phi) is 7.53. The highest BCUT2D eigenvalue weighted by molar-refractivity contribution is 6.34. The minimum Gasteiger partial charge on any atom is -0.459 e. The summed E-state index contributed by atoms with van der Waals surface area (Å²) in [6, 6.07) is 8.73. The van der Waals surface area contributed by atoms with Crippen LogP contribution in [0.2, 0.25) is 5.02 Å². The van der Waals surface area contributed by atoms with Crippen LogP contribution in [0.25, 0.3) is 0 Å². The third-order valence-electron chi connectivity index (χ3n) is 6.96. The van der Waals surface area contributed by atoms with Gasteiger partial charge in [-0.1, -0.05) is 11.6 Å². The standard InChI is InChI=1S/C25H32ClN3O3/c26-22-15-20(29-25(31)23-2-1-13-32-23)11-12-21(22)24(30)28-19-9-5-17(6-10-19)14-16-3-7-18(27)8-4-16/h1-2,11-13,15-19H,3-10,14,27H2,(H,28,30)(H,29,31). The SMILES string of the molecule is NC1CCC(CC2CCC(NC(=O)c3ccc(NC(=O)c4ccco4)cc3Cl)CC2)CC1. The highest BCUT2D eigenvalue weighted by Crippen LogP contribution is 2.35. The molecular formula is C25H32ClN3O3. The van der Waals surface area contributed by atoms with Gasteiger partial charge in [-0.05, 0) is 100.0 Å². The summed E-state index contributed by atoms with van der Waals surface area (Å²) in [6.07, 6.45) is 12.0. The highest BCUT2D eigenvalue weighted by atomic mass is 35.5. The number of anilines is 1. The number of amides is 2. The second-order valence-corrected chi connectivity index (χ2v) is 9.74. The molecule has 1 aromatic carbocycles. The lowest BCUT2D eigenvalue weighted by atomic mass is 9.76. The zero-order valence-electron chi connectivity index (χ0n) is 18.3. The molecule has 0 radical (unpaired) electrons. The third-order valence-corrected chi connectivity index (χ3v) is 7.27. The van der Waals surface area contributed by atoms with Gasteiger partial charge in [-0.2, -0.15) is 0 Å². The zero-order chi connectivity index (χ0) is 22.5. The Bertz CT molecular complexity index is 915. The summed E-state index contributed by atoms with van der Waals surface area (Å²) in [6.45, 7) is 0. The largest absolute Gasteiger partial charge is 0.459 e. The number of hydrogen-bond donors (Lipinski definition) is 3. The maximum Gasteiger partial charge on any atom is 0.291 e. The van der Waals surface area contributed by atoms with Gasteiger partial charge in [0.25, 0.3) is 11.8 Å². The van der Waals surface area contributed by atoms with Crippen molar-refractivity contribution in [1.82, 2.24) is 5.32 Å². The first kappa shape index (κ1) is 22.9. The lowest BCUT2D eigenvalue weighted by Gasteiger charge is -2.33. The van der Waals surface area contributed by atoms with Crippen LogP contribution >= 0.6 is 11.6 Å². The summed E-state index contributed by atoms with van der Waals surface area (Å²) in [4.78, 5) is 24.9. The molecule has 0 aliphatic heterocycles. The van der Waals surface area contributed by atoms with Gasteiger partial charge in [0.1, 0.15) is 0 Å². The quantitative estimate of drug-likeness (QED) is 0.542. The van der Waals surface area contributed by atoms with E-state index in [0.717, 1.165) is 24.7 Å². The molecule has 4 N–H and O–H groups in total. The molecule has 7 heteroatoms. The molecule has 2 saturated carbocycles. The van der Waals surface area contributed by atoms with E-state index in [1.807, 2.05) is 0 Å². The van der Waals surface area contributed by atoms with E-state index in [9.17, 15) is 9.59 Å². The van der Waals surface area contributed by atoms with Crippen LogP contribution in [0.5, 0.6) is 0 Å². The fourth-order valence-corrected chi connectivity index (χ4v) is 5.34. The van der Waals surface area contributed by atoms with Crippen LogP contribution in [0.3, 0.4) is 0 Å². The minimum atomic E-state index is -0.365. The van der Waals surface area contributed by atoms with Gasteiger partial charge < -0.3 is 20.8 Å². The van der Waals surface area contributed by atoms with Crippen molar-refractivity contribution in [3.63, 3.8) is 0 Å². The molecule has 1 heterocycles. The molecule has 2 aliphatic carbocycles. The van der Waals surface area contributed by atoms with E-state index in [4.69, 9.17) is 21.8 Å². The van der Waals surface area contributed by atoms with Gasteiger partial charge in [0.15, 0.2) is 5.76 Å². The van der Waals surface area contributed by atoms with E-state index >= 15 is 0 Å². The van der Waals surface area contributed by atoms with Crippen LogP contribution < -0.4 is 16.4 Å². The van der Waals surface area contributed by atoms with Crippen LogP contribution in [-0.2, 0) is 0 Å². The molecule has 172 valence electrons. The van der Waals surface area contributed by atoms with Gasteiger partial charge in [0.05, 0.1) is 16.8 Å². The van der Waals surface area contributed by atoms with Gasteiger partial charge in [-0.3, -0.25) is 9.59 Å². The molecule has 0 unspecified atom stereocenters. The monoisotopic (exact) mass is 457 g/mol. The molecule has 2 aromatic rings. The van der Waals surface area contributed by atoms with E-state index < -0.39 is 0 Å². The van der Waals surface area contributed by atoms with Crippen molar-refractivity contribution < 1.29 is 14.0 Å². The van der Waals surface area contributed by atoms with Crippen LogP contribution in [-0.4, -0.2) is 23.9 Å². The molecule has 2 fully saturated rings. The molecular weight excluding hydrogens is 426 g/mol. The number of furan rings is 1. The lowest BCUT2D eigenvalue weighted by Crippen LogP contribution is -2.38. The summed E-state index contributed by atoms with van der Waals surface area (Å²) >= 11 is 6.35. The summed E-state index contributed by atoms with van der Waals surface area (Å²) in [5.74, 6) is 1.28. The molecule has 0 atom stereocenters. The fourth-order valence-electron chi connectivity index (χ4n) is 5.08. The highest BCUT2D eigenvalue weighted by Gasteiger charge is 2.27. The maximum absolute atomic E-state index is 12.8. The van der Waals surface area contributed by atoms with Gasteiger partial charge in [0.2, 0.25) is 0 Å². The van der Waals surface area contributed by atoms with E-state index in [-0.39, 0.29) is 23.6 Å². The Balaban J connectivity index is 1.24. The maximum atomic E-state index is 12.8. The number of hydrogen-bond acceptors (Lipinski definition) is 4. The van der Waals surface area contributed by atoms with Crippen molar-refractivity contribution in [1.29, 1.82) is 0 Å². The first-order valence-electron chi connectivity index (χ1n) is 11.7. The fraction of sp³-hybridized carbons (Fsp3) is 0.520. The van der Waals surface area contributed by atoms with E-state index in [0.29, 0.717) is 22.3 Å². The van der Waals surface area contributed by atoms with Crippen LogP contribution in [0.1, 0.15) is 78.7 Å². The molecule has 6 nitrogen and oxygen atoms in total. The number of nitrogens with one attached hydrogen (secondary N) is 2. The van der Waals surface area contributed by atoms with Crippen molar-refractivity contribution in [2.75, 3.05) is 5.32 Å². The second-order valence-electron chi connectivity index (χ2n) is 9.33. The number of benzene rings is 1. The van der Waals surface area contributed by atoms with Crippen molar-refractivity contribution in [3.8, 4) is 0 Å². The van der Waals surface area contributed by atoms with Gasteiger partial charge in [-0.25, -0.2) is 0 Å². The molecule has 0 spiro atoms. The van der Waals surface area contributed by atoms with E-state index in [2.05, 4.69) is 10.6 Å². The smallest absolute Gasteiger partial charge is 0.291 e. The number of rotatable bonds is 6.